The largest absolute Gasteiger partial charge is 0.710 e. The second-order valence-electron chi connectivity index (χ2n) is 4.22. The topological polar surface area (TPSA) is 74.1 Å². The Morgan fingerprint density at radius 3 is 2.75 bits per heavy atom. The van der Waals surface area contributed by atoms with Crippen molar-refractivity contribution in [3.63, 3.8) is 0 Å². The van der Waals surface area contributed by atoms with Crippen molar-refractivity contribution in [1.82, 2.24) is 9.97 Å². The Morgan fingerprint density at radius 1 is 1.20 bits per heavy atom. The van der Waals surface area contributed by atoms with Crippen LogP contribution in [-0.4, -0.2) is 24.2 Å². The molecule has 0 saturated carbocycles. The molecule has 1 N–H and O–H groups in total. The minimum Gasteiger partial charge on any atom is -0.710 e. The molecule has 6 nitrogen and oxygen atoms in total. The van der Waals surface area contributed by atoms with E-state index in [1.165, 1.54) is 6.20 Å². The zero-order valence-corrected chi connectivity index (χ0v) is 11.1. The summed E-state index contributed by atoms with van der Waals surface area (Å²) in [5, 5.41) is 11.7. The van der Waals surface area contributed by atoms with Crippen molar-refractivity contribution >= 4 is 11.2 Å². The quantitative estimate of drug-likeness (QED) is 0.583. The van der Waals surface area contributed by atoms with Crippen molar-refractivity contribution in [2.45, 2.75) is 0 Å². The van der Waals surface area contributed by atoms with Crippen LogP contribution in [0.4, 0.5) is 0 Å². The highest BCUT2D eigenvalue weighted by atomic mass is 16.5. The fourth-order valence-corrected chi connectivity index (χ4v) is 2.07. The number of imidazole rings is 1. The molecule has 2 heterocycles. The van der Waals surface area contributed by atoms with Gasteiger partial charge in [-0.3, -0.25) is 0 Å². The molecule has 0 unspecified atom stereocenters. The number of benzene rings is 1. The zero-order chi connectivity index (χ0) is 14.1. The van der Waals surface area contributed by atoms with Crippen LogP contribution >= 0.6 is 0 Å². The minimum absolute atomic E-state index is 0.348. The normalized spacial score (nSPS) is 10.7. The molecule has 0 aliphatic carbocycles. The fourth-order valence-electron chi connectivity index (χ4n) is 2.07. The Hall–Kier alpha value is -2.76. The van der Waals surface area contributed by atoms with E-state index in [1.807, 2.05) is 12.1 Å². The Labute approximate surface area is 115 Å². The van der Waals surface area contributed by atoms with Gasteiger partial charge >= 0.3 is 5.65 Å². The summed E-state index contributed by atoms with van der Waals surface area (Å²) in [5.41, 5.74) is 1.79. The molecule has 0 bridgehead atoms. The van der Waals surface area contributed by atoms with Crippen LogP contribution in [0.1, 0.15) is 0 Å². The third-order valence-electron chi connectivity index (χ3n) is 3.07. The van der Waals surface area contributed by atoms with Gasteiger partial charge in [0.25, 0.3) is 5.82 Å². The summed E-state index contributed by atoms with van der Waals surface area (Å²) in [6.45, 7) is 0. The number of rotatable bonds is 3. The Morgan fingerprint density at radius 2 is 2.05 bits per heavy atom. The van der Waals surface area contributed by atoms with Crippen molar-refractivity contribution in [3.05, 3.63) is 41.7 Å². The molecule has 3 rings (SSSR count). The number of hydrogen-bond acceptors (Lipinski definition) is 4. The number of H-pyrrole nitrogens is 1. The zero-order valence-electron chi connectivity index (χ0n) is 11.1. The Balaban J connectivity index is 2.17. The van der Waals surface area contributed by atoms with Gasteiger partial charge in [0.15, 0.2) is 0 Å². The second-order valence-corrected chi connectivity index (χ2v) is 4.22. The third kappa shape index (κ3) is 1.91. The first kappa shape index (κ1) is 12.3. The van der Waals surface area contributed by atoms with Crippen molar-refractivity contribution < 1.29 is 14.2 Å². The molecule has 0 aliphatic rings. The van der Waals surface area contributed by atoms with Gasteiger partial charge in [-0.2, -0.15) is 0 Å². The van der Waals surface area contributed by atoms with Gasteiger partial charge in [0.05, 0.1) is 26.0 Å². The SMILES string of the molecule is COc1ccc(-c2nc3c(ccc[n+]3[O-])[nH]2)c(OC)c1. The molecule has 0 fully saturated rings. The maximum absolute atomic E-state index is 11.7. The molecule has 0 atom stereocenters. The van der Waals surface area contributed by atoms with Crippen LogP contribution in [0.25, 0.3) is 22.6 Å². The van der Waals surface area contributed by atoms with Crippen molar-refractivity contribution in [2.75, 3.05) is 14.2 Å². The lowest BCUT2D eigenvalue weighted by molar-refractivity contribution is -0.579. The lowest BCUT2D eigenvalue weighted by Crippen LogP contribution is -2.25. The van der Waals surface area contributed by atoms with Crippen LogP contribution in [0.3, 0.4) is 0 Å². The molecular weight excluding hydrogens is 258 g/mol. The molecule has 20 heavy (non-hydrogen) atoms. The van der Waals surface area contributed by atoms with E-state index in [9.17, 15) is 5.21 Å². The summed E-state index contributed by atoms with van der Waals surface area (Å²) in [6.07, 6.45) is 1.41. The van der Waals surface area contributed by atoms with E-state index in [4.69, 9.17) is 9.47 Å². The first-order chi connectivity index (χ1) is 9.72. The van der Waals surface area contributed by atoms with E-state index in [0.29, 0.717) is 28.5 Å². The summed E-state index contributed by atoms with van der Waals surface area (Å²) in [7, 11) is 3.17. The maximum atomic E-state index is 11.7. The van der Waals surface area contributed by atoms with Gasteiger partial charge in [-0.15, -0.1) is 0 Å². The van der Waals surface area contributed by atoms with Gasteiger partial charge < -0.3 is 19.7 Å². The summed E-state index contributed by atoms with van der Waals surface area (Å²) < 4.78 is 11.2. The molecule has 0 amide bonds. The van der Waals surface area contributed by atoms with Crippen LogP contribution in [0.5, 0.6) is 11.5 Å². The average Bonchev–Trinajstić information content (AvgIpc) is 2.92. The lowest BCUT2D eigenvalue weighted by Gasteiger charge is -2.06. The number of ether oxygens (including phenoxy) is 2. The second kappa shape index (κ2) is 4.73. The van der Waals surface area contributed by atoms with Crippen molar-refractivity contribution in [3.8, 4) is 22.9 Å². The van der Waals surface area contributed by atoms with Crippen LogP contribution in [0, 0.1) is 5.21 Å². The average molecular weight is 271 g/mol. The van der Waals surface area contributed by atoms with E-state index >= 15 is 0 Å². The molecule has 0 spiro atoms. The van der Waals surface area contributed by atoms with E-state index in [1.54, 1.807) is 32.4 Å². The minimum atomic E-state index is 0.348. The molecule has 2 aromatic heterocycles. The number of hydrogen-bond donors (Lipinski definition) is 1. The van der Waals surface area contributed by atoms with E-state index in [0.717, 1.165) is 10.3 Å². The summed E-state index contributed by atoms with van der Waals surface area (Å²) >= 11 is 0. The highest BCUT2D eigenvalue weighted by Gasteiger charge is 2.18. The lowest BCUT2D eigenvalue weighted by atomic mass is 10.2. The standard InChI is InChI=1S/C14H13N3O3/c1-19-9-5-6-10(12(8-9)20-2)13-15-11-4-3-7-17(18)14(11)16-13/h3-8H,1-2H3,(H,15,16). The summed E-state index contributed by atoms with van der Waals surface area (Å²) in [6, 6.07) is 8.90. The number of methoxy groups -OCH3 is 2. The molecule has 1 aromatic carbocycles. The highest BCUT2D eigenvalue weighted by molar-refractivity contribution is 5.76. The molecule has 0 saturated heterocycles. The summed E-state index contributed by atoms with van der Waals surface area (Å²) in [5.74, 6) is 1.90. The van der Waals surface area contributed by atoms with Crippen LogP contribution in [-0.2, 0) is 0 Å². The highest BCUT2D eigenvalue weighted by Crippen LogP contribution is 2.32. The predicted molar refractivity (Wildman–Crippen MR) is 73.6 cm³/mol. The van der Waals surface area contributed by atoms with Gasteiger partial charge in [-0.05, 0) is 29.2 Å². The Kier molecular flexibility index (Phi) is 2.90. The molecule has 102 valence electrons. The van der Waals surface area contributed by atoms with Crippen LogP contribution in [0.2, 0.25) is 0 Å². The van der Waals surface area contributed by atoms with Crippen LogP contribution in [0.15, 0.2) is 36.5 Å². The monoisotopic (exact) mass is 271 g/mol. The fraction of sp³-hybridized carbons (Fsp3) is 0.143. The molecule has 3 aromatic rings. The first-order valence-corrected chi connectivity index (χ1v) is 6.03. The van der Waals surface area contributed by atoms with E-state index in [2.05, 4.69) is 9.97 Å². The van der Waals surface area contributed by atoms with Crippen molar-refractivity contribution in [1.29, 1.82) is 0 Å². The number of fused-ring (bicyclic) bond motifs is 1. The smallest absolute Gasteiger partial charge is 0.352 e. The summed E-state index contributed by atoms with van der Waals surface area (Å²) in [4.78, 5) is 7.43. The van der Waals surface area contributed by atoms with Gasteiger partial charge in [-0.1, -0.05) is 0 Å². The number of nitrogens with zero attached hydrogens (tertiary/aromatic N) is 2. The first-order valence-electron chi connectivity index (χ1n) is 6.03. The molecule has 6 heteroatoms. The number of aromatic amines is 1. The van der Waals surface area contributed by atoms with Gasteiger partial charge in [0.2, 0.25) is 0 Å². The van der Waals surface area contributed by atoms with Crippen LogP contribution < -0.4 is 14.2 Å². The molecular formula is C14H13N3O3. The van der Waals surface area contributed by atoms with E-state index in [-0.39, 0.29) is 0 Å². The predicted octanol–water partition coefficient (Wildman–Crippen LogP) is 1.88. The number of pyridine rings is 1. The van der Waals surface area contributed by atoms with E-state index < -0.39 is 0 Å². The van der Waals surface area contributed by atoms with Gasteiger partial charge in [-0.25, -0.2) is 4.73 Å². The van der Waals surface area contributed by atoms with Crippen molar-refractivity contribution in [2.24, 2.45) is 0 Å². The number of aromatic nitrogens is 3. The maximum Gasteiger partial charge on any atom is 0.352 e. The van der Waals surface area contributed by atoms with Gasteiger partial charge in [0.1, 0.15) is 17.0 Å². The number of nitrogens with one attached hydrogen (secondary N) is 1. The molecule has 0 radical (unpaired) electrons. The third-order valence-corrected chi connectivity index (χ3v) is 3.07. The molecule has 0 aliphatic heterocycles. The van der Waals surface area contributed by atoms with Gasteiger partial charge in [0, 0.05) is 6.07 Å². The Bertz CT molecular complexity index is 767.